The van der Waals surface area contributed by atoms with Crippen molar-refractivity contribution in [3.8, 4) is 11.3 Å². The third-order valence-electron chi connectivity index (χ3n) is 5.84. The molecule has 0 spiro atoms. The molecule has 5 aromatic rings. The van der Waals surface area contributed by atoms with Crippen LogP contribution in [0, 0.1) is 0 Å². The van der Waals surface area contributed by atoms with E-state index in [0.717, 1.165) is 65.6 Å². The number of anilines is 3. The van der Waals surface area contributed by atoms with Crippen LogP contribution in [0.3, 0.4) is 0 Å². The second-order valence-electron chi connectivity index (χ2n) is 7.78. The molecule has 0 bridgehead atoms. The van der Waals surface area contributed by atoms with E-state index in [0.29, 0.717) is 0 Å². The van der Waals surface area contributed by atoms with Gasteiger partial charge in [-0.25, -0.2) is 4.98 Å². The molecule has 0 aliphatic carbocycles. The van der Waals surface area contributed by atoms with Crippen LogP contribution < -0.4 is 10.2 Å². The van der Waals surface area contributed by atoms with Crippen LogP contribution in [-0.4, -0.2) is 45.7 Å². The van der Waals surface area contributed by atoms with Crippen LogP contribution in [0.15, 0.2) is 79.4 Å². The van der Waals surface area contributed by atoms with Gasteiger partial charge in [0.2, 0.25) is 0 Å². The highest BCUT2D eigenvalue weighted by molar-refractivity contribution is 5.83. The summed E-state index contributed by atoms with van der Waals surface area (Å²) in [6.45, 7) is 3.44. The molecule has 2 aromatic carbocycles. The number of aromatic nitrogens is 4. The largest absolute Gasteiger partial charge is 0.378 e. The number of fused-ring (bicyclic) bond motifs is 2. The Kier molecular flexibility index (Phi) is 4.66. The lowest BCUT2D eigenvalue weighted by molar-refractivity contribution is 0.122. The average molecular weight is 422 g/mol. The first kappa shape index (κ1) is 18.8. The summed E-state index contributed by atoms with van der Waals surface area (Å²) >= 11 is 0. The van der Waals surface area contributed by atoms with Crippen LogP contribution in [0.2, 0.25) is 0 Å². The van der Waals surface area contributed by atoms with E-state index in [9.17, 15) is 0 Å². The van der Waals surface area contributed by atoms with E-state index in [2.05, 4.69) is 78.1 Å². The van der Waals surface area contributed by atoms with E-state index in [-0.39, 0.29) is 0 Å². The van der Waals surface area contributed by atoms with Crippen LogP contribution in [0.25, 0.3) is 27.9 Å². The third-order valence-corrected chi connectivity index (χ3v) is 5.84. The molecule has 1 aliphatic heterocycles. The number of pyridine rings is 1. The Bertz CT molecular complexity index is 1390. The maximum atomic E-state index is 5.45. The van der Waals surface area contributed by atoms with Gasteiger partial charge in [-0.3, -0.25) is 14.4 Å². The predicted octanol–water partition coefficient (Wildman–Crippen LogP) is 4.52. The average Bonchev–Trinajstić information content (AvgIpc) is 3.36. The van der Waals surface area contributed by atoms with Gasteiger partial charge in [0.05, 0.1) is 35.6 Å². The lowest BCUT2D eigenvalue weighted by Gasteiger charge is -2.29. The highest BCUT2D eigenvalue weighted by Crippen LogP contribution is 2.29. The van der Waals surface area contributed by atoms with Gasteiger partial charge in [0.1, 0.15) is 0 Å². The van der Waals surface area contributed by atoms with Crippen molar-refractivity contribution < 1.29 is 4.74 Å². The second kappa shape index (κ2) is 7.94. The molecular weight excluding hydrogens is 400 g/mol. The first-order chi connectivity index (χ1) is 15.8. The van der Waals surface area contributed by atoms with E-state index >= 15 is 0 Å². The Morgan fingerprint density at radius 1 is 0.781 bits per heavy atom. The monoisotopic (exact) mass is 422 g/mol. The molecule has 0 unspecified atom stereocenters. The molecule has 1 saturated heterocycles. The first-order valence-electron chi connectivity index (χ1n) is 10.7. The fourth-order valence-electron chi connectivity index (χ4n) is 4.20. The Morgan fingerprint density at radius 2 is 1.59 bits per heavy atom. The van der Waals surface area contributed by atoms with E-state index in [1.165, 1.54) is 5.69 Å². The number of hydrogen-bond donors (Lipinski definition) is 1. The van der Waals surface area contributed by atoms with Crippen molar-refractivity contribution in [3.63, 3.8) is 0 Å². The number of morpholine rings is 1. The molecule has 3 aromatic heterocycles. The van der Waals surface area contributed by atoms with Crippen LogP contribution in [0.1, 0.15) is 0 Å². The second-order valence-corrected chi connectivity index (χ2v) is 7.78. The summed E-state index contributed by atoms with van der Waals surface area (Å²) in [5.74, 6) is 0. The van der Waals surface area contributed by atoms with Crippen molar-refractivity contribution in [2.75, 3.05) is 36.5 Å². The molecule has 0 amide bonds. The van der Waals surface area contributed by atoms with Gasteiger partial charge in [-0.15, -0.1) is 0 Å². The van der Waals surface area contributed by atoms with Gasteiger partial charge in [-0.05, 0) is 48.5 Å². The zero-order chi connectivity index (χ0) is 21.3. The van der Waals surface area contributed by atoms with Crippen LogP contribution in [0.5, 0.6) is 0 Å². The summed E-state index contributed by atoms with van der Waals surface area (Å²) in [5, 5.41) is 3.52. The maximum Gasteiger partial charge on any atom is 0.161 e. The topological polar surface area (TPSA) is 67.6 Å². The summed E-state index contributed by atoms with van der Waals surface area (Å²) in [6, 6.07) is 18.9. The van der Waals surface area contributed by atoms with Crippen molar-refractivity contribution >= 4 is 33.7 Å². The summed E-state index contributed by atoms with van der Waals surface area (Å²) in [7, 11) is 0. The smallest absolute Gasteiger partial charge is 0.161 e. The number of imidazole rings is 1. The number of benzene rings is 2. The van der Waals surface area contributed by atoms with E-state index < -0.39 is 0 Å². The van der Waals surface area contributed by atoms with Crippen molar-refractivity contribution in [2.24, 2.45) is 0 Å². The number of nitrogens with one attached hydrogen (secondary N) is 1. The molecule has 0 atom stereocenters. The molecule has 6 rings (SSSR count). The molecule has 7 heteroatoms. The zero-order valence-electron chi connectivity index (χ0n) is 17.5. The number of rotatable bonds is 4. The van der Waals surface area contributed by atoms with Gasteiger partial charge >= 0.3 is 0 Å². The normalized spacial score (nSPS) is 14.2. The Hall–Kier alpha value is -3.97. The number of hydrogen-bond acceptors (Lipinski definition) is 6. The Balaban J connectivity index is 1.31. The van der Waals surface area contributed by atoms with Crippen LogP contribution >= 0.6 is 0 Å². The fourth-order valence-corrected chi connectivity index (χ4v) is 4.20. The minimum atomic E-state index is 0.786. The Morgan fingerprint density at radius 3 is 2.44 bits per heavy atom. The van der Waals surface area contributed by atoms with Crippen molar-refractivity contribution in [2.45, 2.75) is 0 Å². The quantitative estimate of drug-likeness (QED) is 0.459. The van der Waals surface area contributed by atoms with Crippen molar-refractivity contribution in [1.82, 2.24) is 19.4 Å². The van der Waals surface area contributed by atoms with Gasteiger partial charge in [0.25, 0.3) is 0 Å². The summed E-state index contributed by atoms with van der Waals surface area (Å²) in [4.78, 5) is 15.8. The molecule has 1 N–H and O–H groups in total. The summed E-state index contributed by atoms with van der Waals surface area (Å²) in [6.07, 6.45) is 7.24. The van der Waals surface area contributed by atoms with Gasteiger partial charge < -0.3 is 15.0 Å². The maximum absolute atomic E-state index is 5.45. The molecule has 0 saturated carbocycles. The Labute approximate surface area is 185 Å². The van der Waals surface area contributed by atoms with Gasteiger partial charge in [-0.2, -0.15) is 0 Å². The van der Waals surface area contributed by atoms with Gasteiger partial charge in [-0.1, -0.05) is 6.07 Å². The lowest BCUT2D eigenvalue weighted by Crippen LogP contribution is -2.36. The highest BCUT2D eigenvalue weighted by Gasteiger charge is 2.12. The van der Waals surface area contributed by atoms with E-state index in [1.807, 2.05) is 18.5 Å². The predicted molar refractivity (Wildman–Crippen MR) is 126 cm³/mol. The third kappa shape index (κ3) is 3.42. The highest BCUT2D eigenvalue weighted by atomic mass is 16.5. The molecule has 4 heterocycles. The van der Waals surface area contributed by atoms with Crippen molar-refractivity contribution in [1.29, 1.82) is 0 Å². The van der Waals surface area contributed by atoms with E-state index in [4.69, 9.17) is 4.74 Å². The molecule has 1 fully saturated rings. The minimum absolute atomic E-state index is 0.786. The molecule has 158 valence electrons. The number of ether oxygens (including phenoxy) is 1. The fraction of sp³-hybridized carbons (Fsp3) is 0.160. The molecular formula is C25H22N6O. The standard InChI is InChI=1S/C25H22N6O/c1-6-21-23(27-10-9-26-21)17-18(1)24-8-7-22(25-28-11-12-31(24)25)29-19-2-4-20(5-3-19)30-13-15-32-16-14-30/h1-12,17,29H,13-16H2. The minimum Gasteiger partial charge on any atom is -0.378 e. The van der Waals surface area contributed by atoms with Gasteiger partial charge in [0.15, 0.2) is 5.65 Å². The van der Waals surface area contributed by atoms with Crippen LogP contribution in [0.4, 0.5) is 17.1 Å². The van der Waals surface area contributed by atoms with Crippen molar-refractivity contribution in [3.05, 3.63) is 79.4 Å². The SMILES string of the molecule is c1cnc2cc(-c3ccc(Nc4ccc(N5CCOCC5)cc4)c4nccn34)ccc2n1. The van der Waals surface area contributed by atoms with Crippen LogP contribution in [-0.2, 0) is 4.74 Å². The van der Waals surface area contributed by atoms with E-state index in [1.54, 1.807) is 12.4 Å². The molecule has 7 nitrogen and oxygen atoms in total. The van der Waals surface area contributed by atoms with Gasteiger partial charge in [0, 0.05) is 54.8 Å². The summed E-state index contributed by atoms with van der Waals surface area (Å²) < 4.78 is 7.55. The molecule has 1 aliphatic rings. The molecule has 0 radical (unpaired) electrons. The molecule has 32 heavy (non-hydrogen) atoms. The number of nitrogens with zero attached hydrogens (tertiary/aromatic N) is 5. The summed E-state index contributed by atoms with van der Waals surface area (Å²) in [5.41, 5.74) is 7.97. The first-order valence-corrected chi connectivity index (χ1v) is 10.7. The lowest BCUT2D eigenvalue weighted by atomic mass is 10.1. The zero-order valence-corrected chi connectivity index (χ0v) is 17.5.